The van der Waals surface area contributed by atoms with Crippen molar-refractivity contribution in [3.8, 4) is 5.75 Å². The zero-order valence-corrected chi connectivity index (χ0v) is 23.1. The lowest BCUT2D eigenvalue weighted by molar-refractivity contribution is -0.158. The molecular weight excluding hydrogens is 554 g/mol. The van der Waals surface area contributed by atoms with Crippen molar-refractivity contribution in [2.75, 3.05) is 18.9 Å². The van der Waals surface area contributed by atoms with Gasteiger partial charge in [0.25, 0.3) is 5.91 Å². The van der Waals surface area contributed by atoms with Gasteiger partial charge in [0.15, 0.2) is 34.2 Å². The topological polar surface area (TPSA) is 111 Å². The quantitative estimate of drug-likeness (QED) is 0.236. The van der Waals surface area contributed by atoms with E-state index in [1.165, 1.54) is 42.6 Å². The lowest BCUT2D eigenvalue weighted by atomic mass is 10.0. The van der Waals surface area contributed by atoms with Crippen LogP contribution in [0.1, 0.15) is 38.3 Å². The van der Waals surface area contributed by atoms with Crippen LogP contribution in [0, 0.1) is 23.3 Å². The Bertz CT molecular complexity index is 1260. The number of nitrogens with one attached hydrogen (secondary N) is 1. The van der Waals surface area contributed by atoms with Gasteiger partial charge in [-0.1, -0.05) is 6.07 Å². The van der Waals surface area contributed by atoms with E-state index >= 15 is 0 Å². The molecule has 2 atom stereocenters. The first-order valence-corrected chi connectivity index (χ1v) is 13.6. The highest BCUT2D eigenvalue weighted by atomic mass is 32.2. The monoisotopic (exact) mass is 585 g/mol. The van der Waals surface area contributed by atoms with E-state index in [2.05, 4.69) is 5.32 Å². The number of hydrogen-bond acceptors (Lipinski definition) is 7. The van der Waals surface area contributed by atoms with Crippen molar-refractivity contribution in [3.63, 3.8) is 0 Å². The van der Waals surface area contributed by atoms with Crippen LogP contribution >= 0.6 is 11.8 Å². The standard InChI is InChI=1S/C27H31F4N3O5S/c1-4-38-26(37)27(2,3)39-22-6-5-15(9-21(22)31)14-33-24(36)25-34(7-8-40-25)23(35)12-17(32)10-16-11-19(29)20(30)13-18(16)28/h5-6,9,11,13,17,25H,4,7-8,10,12,14,32H2,1-3H3,(H,33,36). The molecule has 0 saturated carbocycles. The van der Waals surface area contributed by atoms with E-state index in [1.807, 2.05) is 0 Å². The van der Waals surface area contributed by atoms with Crippen LogP contribution in [0.5, 0.6) is 5.75 Å². The van der Waals surface area contributed by atoms with Crippen molar-refractivity contribution in [1.82, 2.24) is 10.2 Å². The summed E-state index contributed by atoms with van der Waals surface area (Å²) in [6, 6.07) is 4.28. The molecule has 0 aromatic heterocycles. The van der Waals surface area contributed by atoms with Crippen LogP contribution in [0.25, 0.3) is 0 Å². The second-order valence-electron chi connectivity index (χ2n) is 9.65. The number of nitrogens with two attached hydrogens (primary N) is 1. The van der Waals surface area contributed by atoms with Crippen molar-refractivity contribution in [1.29, 1.82) is 0 Å². The fraction of sp³-hybridized carbons (Fsp3) is 0.444. The fourth-order valence-corrected chi connectivity index (χ4v) is 5.16. The average molecular weight is 586 g/mol. The Hall–Kier alpha value is -3.32. The maximum absolute atomic E-state index is 14.6. The van der Waals surface area contributed by atoms with Gasteiger partial charge in [-0.2, -0.15) is 0 Å². The number of nitrogens with zero attached hydrogens (tertiary/aromatic N) is 1. The minimum absolute atomic E-state index is 0.0364. The summed E-state index contributed by atoms with van der Waals surface area (Å²) in [6.45, 7) is 4.96. The number of benzene rings is 2. The third-order valence-electron chi connectivity index (χ3n) is 6.04. The van der Waals surface area contributed by atoms with Gasteiger partial charge in [0.2, 0.25) is 5.91 Å². The summed E-state index contributed by atoms with van der Waals surface area (Å²) in [5.41, 5.74) is 4.83. The molecule has 1 heterocycles. The van der Waals surface area contributed by atoms with E-state index < -0.39 is 58.1 Å². The van der Waals surface area contributed by atoms with Gasteiger partial charge in [0.1, 0.15) is 5.82 Å². The molecule has 3 rings (SSSR count). The molecule has 2 aromatic carbocycles. The molecule has 0 radical (unpaired) electrons. The van der Waals surface area contributed by atoms with Gasteiger partial charge in [-0.3, -0.25) is 9.59 Å². The predicted molar refractivity (Wildman–Crippen MR) is 140 cm³/mol. The number of amides is 2. The number of carbonyl (C=O) groups is 3. The number of esters is 1. The minimum Gasteiger partial charge on any atom is -0.473 e. The molecule has 0 aliphatic carbocycles. The second kappa shape index (κ2) is 13.4. The molecule has 1 saturated heterocycles. The molecule has 218 valence electrons. The summed E-state index contributed by atoms with van der Waals surface area (Å²) in [7, 11) is 0. The number of ether oxygens (including phenoxy) is 2. The van der Waals surface area contributed by atoms with E-state index in [9.17, 15) is 31.9 Å². The van der Waals surface area contributed by atoms with Crippen molar-refractivity contribution >= 4 is 29.5 Å². The van der Waals surface area contributed by atoms with Gasteiger partial charge >= 0.3 is 5.97 Å². The number of thioether (sulfide) groups is 1. The number of carbonyl (C=O) groups excluding carboxylic acids is 3. The molecule has 1 fully saturated rings. The summed E-state index contributed by atoms with van der Waals surface area (Å²) in [5.74, 6) is -5.46. The minimum atomic E-state index is -1.41. The molecule has 2 aromatic rings. The number of rotatable bonds is 11. The number of halogens is 4. The Morgan fingerprint density at radius 2 is 1.80 bits per heavy atom. The van der Waals surface area contributed by atoms with Crippen molar-refractivity contribution in [3.05, 3.63) is 64.7 Å². The third kappa shape index (κ3) is 7.87. The summed E-state index contributed by atoms with van der Waals surface area (Å²) < 4.78 is 65.6. The largest absolute Gasteiger partial charge is 0.473 e. The summed E-state index contributed by atoms with van der Waals surface area (Å²) in [4.78, 5) is 39.1. The summed E-state index contributed by atoms with van der Waals surface area (Å²) in [6.07, 6.45) is -0.438. The highest BCUT2D eigenvalue weighted by Crippen LogP contribution is 2.27. The number of hydrogen-bond donors (Lipinski definition) is 2. The van der Waals surface area contributed by atoms with Crippen molar-refractivity contribution in [2.24, 2.45) is 5.73 Å². The van der Waals surface area contributed by atoms with Crippen LogP contribution in [0.2, 0.25) is 0 Å². The van der Waals surface area contributed by atoms with E-state index in [0.717, 1.165) is 6.07 Å². The molecule has 40 heavy (non-hydrogen) atoms. The molecule has 1 aliphatic heterocycles. The van der Waals surface area contributed by atoms with Gasteiger partial charge < -0.3 is 25.4 Å². The van der Waals surface area contributed by atoms with E-state index in [1.54, 1.807) is 6.92 Å². The van der Waals surface area contributed by atoms with Crippen LogP contribution in [0.4, 0.5) is 17.6 Å². The van der Waals surface area contributed by atoms with Crippen LogP contribution in [-0.2, 0) is 32.1 Å². The zero-order chi connectivity index (χ0) is 29.6. The smallest absolute Gasteiger partial charge is 0.349 e. The zero-order valence-electron chi connectivity index (χ0n) is 22.3. The SMILES string of the molecule is CCOC(=O)C(C)(C)Oc1ccc(CNC(=O)C2SCCN2C(=O)CC(N)Cc2cc(F)c(F)cc2F)cc1F. The lowest BCUT2D eigenvalue weighted by Gasteiger charge is -2.25. The van der Waals surface area contributed by atoms with Gasteiger partial charge in [-0.25, -0.2) is 22.4 Å². The predicted octanol–water partition coefficient (Wildman–Crippen LogP) is 3.44. The van der Waals surface area contributed by atoms with Gasteiger partial charge in [0, 0.05) is 37.4 Å². The van der Waals surface area contributed by atoms with E-state index in [4.69, 9.17) is 15.2 Å². The van der Waals surface area contributed by atoms with E-state index in [0.29, 0.717) is 23.4 Å². The molecule has 0 spiro atoms. The van der Waals surface area contributed by atoms with Crippen molar-refractivity contribution < 1.29 is 41.4 Å². The van der Waals surface area contributed by atoms with Gasteiger partial charge in [0.05, 0.1) is 6.61 Å². The first-order valence-electron chi connectivity index (χ1n) is 12.5. The van der Waals surface area contributed by atoms with Crippen LogP contribution in [-0.4, -0.2) is 58.6 Å². The molecular formula is C27H31F4N3O5S. The first kappa shape index (κ1) is 31.2. The Morgan fingerprint density at radius 1 is 1.10 bits per heavy atom. The van der Waals surface area contributed by atoms with Crippen LogP contribution in [0.3, 0.4) is 0 Å². The molecule has 8 nitrogen and oxygen atoms in total. The fourth-order valence-electron chi connectivity index (χ4n) is 3.99. The maximum Gasteiger partial charge on any atom is 0.349 e. The molecule has 0 bridgehead atoms. The van der Waals surface area contributed by atoms with Crippen molar-refractivity contribution in [2.45, 2.75) is 57.2 Å². The van der Waals surface area contributed by atoms with E-state index in [-0.39, 0.29) is 43.9 Å². The molecule has 1 aliphatic rings. The maximum atomic E-state index is 14.6. The molecule has 3 N–H and O–H groups in total. The Balaban J connectivity index is 1.55. The highest BCUT2D eigenvalue weighted by Gasteiger charge is 2.35. The second-order valence-corrected chi connectivity index (χ2v) is 10.8. The van der Waals surface area contributed by atoms with Gasteiger partial charge in [-0.05, 0) is 56.5 Å². The Morgan fingerprint density at radius 3 is 2.48 bits per heavy atom. The molecule has 2 amide bonds. The van der Waals surface area contributed by atoms with Crippen LogP contribution in [0.15, 0.2) is 30.3 Å². The Labute approximate surface area is 233 Å². The molecule has 13 heteroatoms. The third-order valence-corrected chi connectivity index (χ3v) is 7.24. The van der Waals surface area contributed by atoms with Gasteiger partial charge in [-0.15, -0.1) is 11.8 Å². The summed E-state index contributed by atoms with van der Waals surface area (Å²) in [5, 5.41) is 1.83. The Kier molecular flexibility index (Phi) is 10.4. The summed E-state index contributed by atoms with van der Waals surface area (Å²) >= 11 is 1.24. The first-order chi connectivity index (χ1) is 18.8. The van der Waals surface area contributed by atoms with Crippen LogP contribution < -0.4 is 15.8 Å². The highest BCUT2D eigenvalue weighted by molar-refractivity contribution is 8.00. The average Bonchev–Trinajstić information content (AvgIpc) is 3.38. The molecule has 2 unspecified atom stereocenters. The lowest BCUT2D eigenvalue weighted by Crippen LogP contribution is -2.46. The normalized spacial score (nSPS) is 16.0.